The summed E-state index contributed by atoms with van der Waals surface area (Å²) < 4.78 is 4.02. The molecule has 0 aromatic carbocycles. The molecular weight excluding hydrogens is 214 g/mol. The highest BCUT2D eigenvalue weighted by molar-refractivity contribution is 5.39. The van der Waals surface area contributed by atoms with Gasteiger partial charge in [0.25, 0.3) is 0 Å². The molecule has 0 aliphatic carbocycles. The van der Waals surface area contributed by atoms with Crippen molar-refractivity contribution in [1.29, 1.82) is 0 Å². The monoisotopic (exact) mass is 227 g/mol. The van der Waals surface area contributed by atoms with Crippen LogP contribution in [0.3, 0.4) is 0 Å². The summed E-state index contributed by atoms with van der Waals surface area (Å²) in [6.45, 7) is 1.15. The third kappa shape index (κ3) is 1.81. The van der Waals surface area contributed by atoms with Crippen LogP contribution in [0.15, 0.2) is 43.0 Å². The average Bonchev–Trinajstić information content (AvgIpc) is 2.94. The standard InChI is InChI=1S/C12H13N5/c13-7-12-14-4-6-17(12)9-10-8-16-5-2-1-3-11(16)15-10/h1-6,8H,7,9,13H2. The predicted molar refractivity (Wildman–Crippen MR) is 64.4 cm³/mol. The summed E-state index contributed by atoms with van der Waals surface area (Å²) in [6, 6.07) is 5.96. The molecule has 0 bridgehead atoms. The molecule has 0 saturated carbocycles. The Balaban J connectivity index is 1.94. The van der Waals surface area contributed by atoms with Crippen LogP contribution in [0.4, 0.5) is 0 Å². The van der Waals surface area contributed by atoms with E-state index >= 15 is 0 Å². The largest absolute Gasteiger partial charge is 0.328 e. The fraction of sp³-hybridized carbons (Fsp3) is 0.167. The summed E-state index contributed by atoms with van der Waals surface area (Å²) in [5, 5.41) is 0. The second kappa shape index (κ2) is 4.03. The fourth-order valence-corrected chi connectivity index (χ4v) is 1.91. The molecule has 0 atom stereocenters. The lowest BCUT2D eigenvalue weighted by molar-refractivity contribution is 0.713. The van der Waals surface area contributed by atoms with Crippen LogP contribution >= 0.6 is 0 Å². The number of nitrogens with zero attached hydrogens (tertiary/aromatic N) is 4. The third-order valence-electron chi connectivity index (χ3n) is 2.73. The van der Waals surface area contributed by atoms with Crippen LogP contribution in [-0.4, -0.2) is 18.9 Å². The lowest BCUT2D eigenvalue weighted by Crippen LogP contribution is -2.08. The van der Waals surface area contributed by atoms with Gasteiger partial charge in [-0.15, -0.1) is 0 Å². The van der Waals surface area contributed by atoms with Crippen LogP contribution in [-0.2, 0) is 13.1 Å². The van der Waals surface area contributed by atoms with Crippen molar-refractivity contribution >= 4 is 5.65 Å². The number of hydrogen-bond acceptors (Lipinski definition) is 3. The van der Waals surface area contributed by atoms with Gasteiger partial charge in [-0.25, -0.2) is 9.97 Å². The smallest absolute Gasteiger partial charge is 0.137 e. The Bertz CT molecular complexity index is 604. The maximum absolute atomic E-state index is 5.61. The fourth-order valence-electron chi connectivity index (χ4n) is 1.91. The van der Waals surface area contributed by atoms with Crippen LogP contribution in [0.2, 0.25) is 0 Å². The van der Waals surface area contributed by atoms with Crippen LogP contribution in [0.5, 0.6) is 0 Å². The molecule has 3 aromatic heterocycles. The molecule has 86 valence electrons. The zero-order valence-electron chi connectivity index (χ0n) is 9.32. The molecule has 0 spiro atoms. The Morgan fingerprint density at radius 1 is 1.24 bits per heavy atom. The molecule has 0 aliphatic heterocycles. The zero-order valence-corrected chi connectivity index (χ0v) is 9.32. The van der Waals surface area contributed by atoms with Gasteiger partial charge in [-0.05, 0) is 12.1 Å². The van der Waals surface area contributed by atoms with Crippen molar-refractivity contribution in [3.8, 4) is 0 Å². The number of hydrogen-bond donors (Lipinski definition) is 1. The minimum atomic E-state index is 0.445. The van der Waals surface area contributed by atoms with Gasteiger partial charge in [0.2, 0.25) is 0 Å². The van der Waals surface area contributed by atoms with Crippen LogP contribution in [0.25, 0.3) is 5.65 Å². The molecule has 5 heteroatoms. The number of imidazole rings is 2. The van der Waals surface area contributed by atoms with E-state index in [1.165, 1.54) is 0 Å². The first-order chi connectivity index (χ1) is 8.36. The molecule has 3 rings (SSSR count). The Labute approximate surface area is 98.5 Å². The van der Waals surface area contributed by atoms with E-state index in [4.69, 9.17) is 5.73 Å². The lowest BCUT2D eigenvalue weighted by Gasteiger charge is -2.02. The number of fused-ring (bicyclic) bond motifs is 1. The van der Waals surface area contributed by atoms with E-state index in [2.05, 4.69) is 9.97 Å². The minimum absolute atomic E-state index is 0.445. The Morgan fingerprint density at radius 2 is 2.18 bits per heavy atom. The SMILES string of the molecule is NCc1nccn1Cc1cn2ccccc2n1. The Morgan fingerprint density at radius 3 is 3.00 bits per heavy atom. The van der Waals surface area contributed by atoms with Gasteiger partial charge in [-0.1, -0.05) is 6.07 Å². The number of nitrogens with two attached hydrogens (primary N) is 1. The van der Waals surface area contributed by atoms with Crippen molar-refractivity contribution < 1.29 is 0 Å². The van der Waals surface area contributed by atoms with E-state index in [-0.39, 0.29) is 0 Å². The van der Waals surface area contributed by atoms with Gasteiger partial charge in [0.1, 0.15) is 11.5 Å². The summed E-state index contributed by atoms with van der Waals surface area (Å²) in [7, 11) is 0. The van der Waals surface area contributed by atoms with E-state index in [9.17, 15) is 0 Å². The molecule has 0 fully saturated rings. The summed E-state index contributed by atoms with van der Waals surface area (Å²) in [5.41, 5.74) is 7.57. The van der Waals surface area contributed by atoms with Gasteiger partial charge >= 0.3 is 0 Å². The number of aromatic nitrogens is 4. The molecule has 0 saturated heterocycles. The van der Waals surface area contributed by atoms with Gasteiger partial charge in [0, 0.05) is 24.8 Å². The second-order valence-electron chi connectivity index (χ2n) is 3.87. The highest BCUT2D eigenvalue weighted by Crippen LogP contribution is 2.07. The predicted octanol–water partition coefficient (Wildman–Crippen LogP) is 1.04. The molecule has 3 aromatic rings. The average molecular weight is 227 g/mol. The first-order valence-corrected chi connectivity index (χ1v) is 5.49. The minimum Gasteiger partial charge on any atom is -0.328 e. The molecule has 5 nitrogen and oxygen atoms in total. The molecule has 0 radical (unpaired) electrons. The molecule has 0 unspecified atom stereocenters. The van der Waals surface area contributed by atoms with Gasteiger partial charge in [-0.3, -0.25) is 0 Å². The van der Waals surface area contributed by atoms with E-state index < -0.39 is 0 Å². The van der Waals surface area contributed by atoms with E-state index in [1.807, 2.05) is 45.8 Å². The normalized spacial score (nSPS) is 11.1. The first kappa shape index (κ1) is 10.0. The van der Waals surface area contributed by atoms with Crippen molar-refractivity contribution in [2.75, 3.05) is 0 Å². The topological polar surface area (TPSA) is 61.1 Å². The first-order valence-electron chi connectivity index (χ1n) is 5.49. The maximum Gasteiger partial charge on any atom is 0.137 e. The number of pyridine rings is 1. The van der Waals surface area contributed by atoms with Gasteiger partial charge in [0.05, 0.1) is 18.8 Å². The van der Waals surface area contributed by atoms with E-state index in [0.29, 0.717) is 13.1 Å². The van der Waals surface area contributed by atoms with Crippen LogP contribution in [0.1, 0.15) is 11.5 Å². The van der Waals surface area contributed by atoms with E-state index in [1.54, 1.807) is 6.20 Å². The van der Waals surface area contributed by atoms with Crippen molar-refractivity contribution in [3.05, 3.63) is 54.5 Å². The quantitative estimate of drug-likeness (QED) is 0.727. The summed E-state index contributed by atoms with van der Waals surface area (Å²) in [6.07, 6.45) is 7.70. The summed E-state index contributed by atoms with van der Waals surface area (Å²) in [4.78, 5) is 8.72. The third-order valence-corrected chi connectivity index (χ3v) is 2.73. The van der Waals surface area contributed by atoms with Crippen LogP contribution in [0, 0.1) is 0 Å². The molecule has 2 N–H and O–H groups in total. The van der Waals surface area contributed by atoms with Gasteiger partial charge in [0.15, 0.2) is 0 Å². The molecule has 3 heterocycles. The highest BCUT2D eigenvalue weighted by atomic mass is 15.1. The molecular formula is C12H13N5. The van der Waals surface area contributed by atoms with Crippen molar-refractivity contribution in [2.24, 2.45) is 5.73 Å². The maximum atomic E-state index is 5.61. The summed E-state index contributed by atoms with van der Waals surface area (Å²) in [5.74, 6) is 0.877. The Kier molecular flexibility index (Phi) is 2.38. The van der Waals surface area contributed by atoms with E-state index in [0.717, 1.165) is 17.2 Å². The molecule has 17 heavy (non-hydrogen) atoms. The van der Waals surface area contributed by atoms with Gasteiger partial charge in [-0.2, -0.15) is 0 Å². The molecule has 0 aliphatic rings. The van der Waals surface area contributed by atoms with Crippen LogP contribution < -0.4 is 5.73 Å². The highest BCUT2D eigenvalue weighted by Gasteiger charge is 2.04. The lowest BCUT2D eigenvalue weighted by atomic mass is 10.4. The zero-order chi connectivity index (χ0) is 11.7. The summed E-state index contributed by atoms with van der Waals surface area (Å²) >= 11 is 0. The number of rotatable bonds is 3. The molecule has 0 amide bonds. The van der Waals surface area contributed by atoms with Crippen molar-refractivity contribution in [1.82, 2.24) is 18.9 Å². The Hall–Kier alpha value is -2.14. The second-order valence-corrected chi connectivity index (χ2v) is 3.87. The van der Waals surface area contributed by atoms with Crippen molar-refractivity contribution in [3.63, 3.8) is 0 Å². The van der Waals surface area contributed by atoms with Gasteiger partial charge < -0.3 is 14.7 Å². The van der Waals surface area contributed by atoms with Crippen molar-refractivity contribution in [2.45, 2.75) is 13.1 Å².